The Morgan fingerprint density at radius 2 is 2.00 bits per heavy atom. The predicted octanol–water partition coefficient (Wildman–Crippen LogP) is 3.04. The number of rotatable bonds is 6. The number of nitrogens with one attached hydrogen (secondary N) is 1. The molecule has 1 heterocycles. The standard InChI is InChI=1S/C14H27N3OS/c1-11(2)7-8-17-9-13(15-10-17)12(3)16-19(18)14(4,5)6/h9-12,16H,7-8H2,1-6H3/t12-,19?/m0/s1. The Morgan fingerprint density at radius 1 is 1.37 bits per heavy atom. The molecule has 110 valence electrons. The van der Waals surface area contributed by atoms with Gasteiger partial charge in [-0.05, 0) is 40.0 Å². The smallest absolute Gasteiger partial charge is 0.136 e. The molecule has 0 saturated carbocycles. The zero-order valence-corrected chi connectivity index (χ0v) is 13.8. The van der Waals surface area contributed by atoms with Gasteiger partial charge in [-0.25, -0.2) is 4.98 Å². The molecule has 0 amide bonds. The summed E-state index contributed by atoms with van der Waals surface area (Å²) >= 11 is -1.07. The van der Waals surface area contributed by atoms with Crippen LogP contribution in [0.2, 0.25) is 0 Å². The molecule has 0 aliphatic rings. The van der Waals surface area contributed by atoms with Gasteiger partial charge in [-0.15, -0.1) is 4.72 Å². The van der Waals surface area contributed by atoms with Crippen LogP contribution in [0.1, 0.15) is 59.7 Å². The number of nitrogens with zero attached hydrogens (tertiary/aromatic N) is 2. The van der Waals surface area contributed by atoms with Crippen molar-refractivity contribution in [2.45, 2.75) is 65.3 Å². The molecule has 19 heavy (non-hydrogen) atoms. The van der Waals surface area contributed by atoms with Crippen LogP contribution in [0.4, 0.5) is 0 Å². The van der Waals surface area contributed by atoms with Crippen molar-refractivity contribution in [3.63, 3.8) is 0 Å². The summed E-state index contributed by atoms with van der Waals surface area (Å²) in [6.45, 7) is 13.3. The number of hydrogen-bond acceptors (Lipinski definition) is 3. The number of aryl methyl sites for hydroxylation is 1. The van der Waals surface area contributed by atoms with Crippen LogP contribution in [0.5, 0.6) is 0 Å². The molecule has 0 saturated heterocycles. The first-order chi connectivity index (χ1) is 8.70. The van der Waals surface area contributed by atoms with Gasteiger partial charge in [0.25, 0.3) is 0 Å². The summed E-state index contributed by atoms with van der Waals surface area (Å²) in [5, 5.41) is 0. The maximum Gasteiger partial charge on any atom is 0.136 e. The van der Waals surface area contributed by atoms with E-state index in [1.165, 1.54) is 0 Å². The van der Waals surface area contributed by atoms with E-state index in [-0.39, 0.29) is 10.8 Å². The summed E-state index contributed by atoms with van der Waals surface area (Å²) in [4.78, 5) is 4.40. The fourth-order valence-corrected chi connectivity index (χ4v) is 2.32. The lowest BCUT2D eigenvalue weighted by Gasteiger charge is -2.25. The minimum absolute atomic E-state index is 0.000332. The lowest BCUT2D eigenvalue weighted by molar-refractivity contribution is 0.515. The third-order valence-corrected chi connectivity index (χ3v) is 4.58. The van der Waals surface area contributed by atoms with Gasteiger partial charge in [0.1, 0.15) is 4.75 Å². The molecule has 1 rings (SSSR count). The predicted molar refractivity (Wildman–Crippen MR) is 81.1 cm³/mol. The first-order valence-corrected chi connectivity index (χ1v) is 8.05. The van der Waals surface area contributed by atoms with E-state index in [1.807, 2.05) is 40.2 Å². The SMILES string of the molecule is CC(C)CCn1cnc([C@H](C)N[S+]([O-])C(C)(C)C)c1. The first-order valence-electron chi connectivity index (χ1n) is 6.90. The third kappa shape index (κ3) is 5.55. The summed E-state index contributed by atoms with van der Waals surface area (Å²) < 4.78 is 17.0. The molecule has 1 N–H and O–H groups in total. The Hall–Kier alpha value is -0.520. The lowest BCUT2D eigenvalue weighted by atomic mass is 10.1. The van der Waals surface area contributed by atoms with E-state index in [0.29, 0.717) is 5.92 Å². The number of imidazole rings is 1. The van der Waals surface area contributed by atoms with E-state index in [4.69, 9.17) is 0 Å². The zero-order valence-electron chi connectivity index (χ0n) is 12.9. The monoisotopic (exact) mass is 285 g/mol. The average Bonchev–Trinajstić information content (AvgIpc) is 2.73. The summed E-state index contributed by atoms with van der Waals surface area (Å²) in [5.41, 5.74) is 0.946. The van der Waals surface area contributed by atoms with Crippen molar-refractivity contribution >= 4 is 11.4 Å². The van der Waals surface area contributed by atoms with Gasteiger partial charge in [0.2, 0.25) is 0 Å². The normalized spacial score (nSPS) is 15.8. The van der Waals surface area contributed by atoms with Crippen LogP contribution < -0.4 is 4.72 Å². The molecule has 0 aliphatic heterocycles. The van der Waals surface area contributed by atoms with Crippen molar-refractivity contribution in [1.29, 1.82) is 0 Å². The summed E-state index contributed by atoms with van der Waals surface area (Å²) in [6.07, 6.45) is 5.04. The van der Waals surface area contributed by atoms with Crippen molar-refractivity contribution < 1.29 is 4.55 Å². The number of aromatic nitrogens is 2. The summed E-state index contributed by atoms with van der Waals surface area (Å²) in [5.74, 6) is 0.690. The van der Waals surface area contributed by atoms with Gasteiger partial charge in [-0.1, -0.05) is 13.8 Å². The van der Waals surface area contributed by atoms with Crippen LogP contribution in [-0.2, 0) is 17.9 Å². The molecular formula is C14H27N3OS. The fourth-order valence-electron chi connectivity index (χ4n) is 1.53. The average molecular weight is 285 g/mol. The Kier molecular flexibility index (Phi) is 5.89. The van der Waals surface area contributed by atoms with Crippen LogP contribution in [0.3, 0.4) is 0 Å². The Morgan fingerprint density at radius 3 is 2.53 bits per heavy atom. The molecule has 1 aromatic rings. The molecular weight excluding hydrogens is 258 g/mol. The third-order valence-electron chi connectivity index (χ3n) is 2.90. The molecule has 1 aromatic heterocycles. The molecule has 0 radical (unpaired) electrons. The molecule has 1 unspecified atom stereocenters. The minimum Gasteiger partial charge on any atom is -0.598 e. The number of hydrogen-bond donors (Lipinski definition) is 1. The lowest BCUT2D eigenvalue weighted by Crippen LogP contribution is -2.40. The molecule has 0 fully saturated rings. The van der Waals surface area contributed by atoms with E-state index in [2.05, 4.69) is 28.1 Å². The van der Waals surface area contributed by atoms with Gasteiger partial charge in [0.15, 0.2) is 0 Å². The Labute approximate surface area is 120 Å². The van der Waals surface area contributed by atoms with E-state index in [1.54, 1.807) is 0 Å². The van der Waals surface area contributed by atoms with Crippen LogP contribution in [0, 0.1) is 5.92 Å². The van der Waals surface area contributed by atoms with Gasteiger partial charge in [-0.2, -0.15) is 0 Å². The quantitative estimate of drug-likeness (QED) is 0.817. The van der Waals surface area contributed by atoms with Gasteiger partial charge in [0.05, 0.1) is 18.1 Å². The van der Waals surface area contributed by atoms with Crippen LogP contribution >= 0.6 is 0 Å². The fraction of sp³-hybridized carbons (Fsp3) is 0.786. The second kappa shape index (κ2) is 6.77. The van der Waals surface area contributed by atoms with Gasteiger partial charge in [-0.3, -0.25) is 0 Å². The maximum absolute atomic E-state index is 12.0. The highest BCUT2D eigenvalue weighted by Crippen LogP contribution is 2.18. The topological polar surface area (TPSA) is 52.9 Å². The maximum atomic E-state index is 12.0. The molecule has 2 atom stereocenters. The molecule has 0 aromatic carbocycles. The van der Waals surface area contributed by atoms with Gasteiger partial charge >= 0.3 is 0 Å². The molecule has 0 bridgehead atoms. The molecule has 0 aliphatic carbocycles. The molecule has 4 nitrogen and oxygen atoms in total. The highest BCUT2D eigenvalue weighted by molar-refractivity contribution is 7.90. The van der Waals surface area contributed by atoms with Crippen molar-refractivity contribution in [3.05, 3.63) is 18.2 Å². The molecule has 0 spiro atoms. The molecule has 5 heteroatoms. The highest BCUT2D eigenvalue weighted by Gasteiger charge is 2.28. The second-order valence-electron chi connectivity index (χ2n) is 6.44. The van der Waals surface area contributed by atoms with E-state index in [0.717, 1.165) is 18.7 Å². The summed E-state index contributed by atoms with van der Waals surface area (Å²) in [6, 6.07) is 0.000332. The van der Waals surface area contributed by atoms with Gasteiger partial charge < -0.3 is 9.12 Å². The van der Waals surface area contributed by atoms with Crippen molar-refractivity contribution in [1.82, 2.24) is 14.3 Å². The van der Waals surface area contributed by atoms with E-state index >= 15 is 0 Å². The highest BCUT2D eigenvalue weighted by atomic mass is 32.2. The minimum atomic E-state index is -1.07. The van der Waals surface area contributed by atoms with Gasteiger partial charge in [0, 0.05) is 24.1 Å². The van der Waals surface area contributed by atoms with Crippen LogP contribution in [-0.4, -0.2) is 18.9 Å². The van der Waals surface area contributed by atoms with Crippen molar-refractivity contribution in [3.8, 4) is 0 Å². The van der Waals surface area contributed by atoms with Crippen LogP contribution in [0.15, 0.2) is 12.5 Å². The largest absolute Gasteiger partial charge is 0.598 e. The van der Waals surface area contributed by atoms with E-state index in [9.17, 15) is 4.55 Å². The Bertz CT molecular complexity index is 384. The Balaban J connectivity index is 2.56. The van der Waals surface area contributed by atoms with Crippen molar-refractivity contribution in [2.75, 3.05) is 0 Å². The van der Waals surface area contributed by atoms with Crippen LogP contribution in [0.25, 0.3) is 0 Å². The second-order valence-corrected chi connectivity index (χ2v) is 8.44. The van der Waals surface area contributed by atoms with E-state index < -0.39 is 11.4 Å². The van der Waals surface area contributed by atoms with Crippen molar-refractivity contribution in [2.24, 2.45) is 5.92 Å². The zero-order chi connectivity index (χ0) is 14.6. The first kappa shape index (κ1) is 16.5. The summed E-state index contributed by atoms with van der Waals surface area (Å²) in [7, 11) is 0.